The maximum absolute atomic E-state index is 11.4. The Kier molecular flexibility index (Phi) is 4.49. The van der Waals surface area contributed by atoms with Gasteiger partial charge in [-0.25, -0.2) is 4.79 Å². The molecule has 0 spiro atoms. The molecule has 1 aromatic heterocycles. The summed E-state index contributed by atoms with van der Waals surface area (Å²) in [5.41, 5.74) is 0.183. The molecule has 0 amide bonds. The molecule has 0 saturated carbocycles. The van der Waals surface area contributed by atoms with Crippen LogP contribution in [-0.2, 0) is 4.74 Å². The molecule has 0 aromatic carbocycles. The second-order valence-electron chi connectivity index (χ2n) is 3.56. The third-order valence-electron chi connectivity index (χ3n) is 1.77. The topological polar surface area (TPSA) is 52.1 Å². The molecule has 0 unspecified atom stereocenters. The first-order chi connectivity index (χ1) is 7.09. The van der Waals surface area contributed by atoms with Gasteiger partial charge in [0, 0.05) is 0 Å². The lowest BCUT2D eigenvalue weighted by molar-refractivity contribution is 0.0480. The maximum atomic E-state index is 11.4. The normalized spacial score (nSPS) is 10.4. The van der Waals surface area contributed by atoms with Gasteiger partial charge in [0.15, 0.2) is 10.8 Å². The van der Waals surface area contributed by atoms with Crippen LogP contribution >= 0.6 is 11.6 Å². The predicted molar refractivity (Wildman–Crippen MR) is 56.8 cm³/mol. The number of hydrogen-bond donors (Lipinski definition) is 0. The van der Waals surface area contributed by atoms with Gasteiger partial charge in [0.25, 0.3) is 0 Å². The number of ether oxygens (including phenoxy) is 1. The van der Waals surface area contributed by atoms with E-state index < -0.39 is 5.97 Å². The van der Waals surface area contributed by atoms with Crippen LogP contribution in [0.2, 0.25) is 5.15 Å². The van der Waals surface area contributed by atoms with Crippen molar-refractivity contribution < 1.29 is 9.53 Å². The van der Waals surface area contributed by atoms with Gasteiger partial charge in [0.05, 0.1) is 6.61 Å². The zero-order valence-corrected chi connectivity index (χ0v) is 9.49. The molecule has 4 nitrogen and oxygen atoms in total. The van der Waals surface area contributed by atoms with Crippen LogP contribution in [0.15, 0.2) is 12.1 Å². The lowest BCUT2D eigenvalue weighted by atomic mass is 10.1. The molecule has 0 aliphatic heterocycles. The molecule has 1 rings (SSSR count). The lowest BCUT2D eigenvalue weighted by Crippen LogP contribution is -2.10. The fraction of sp³-hybridized carbons (Fsp3) is 0.500. The number of carbonyl (C=O) groups is 1. The minimum Gasteiger partial charge on any atom is -0.461 e. The molecule has 82 valence electrons. The van der Waals surface area contributed by atoms with E-state index in [1.54, 1.807) is 0 Å². The highest BCUT2D eigenvalue weighted by atomic mass is 35.5. The molecule has 0 aliphatic carbocycles. The molecule has 5 heteroatoms. The Labute approximate surface area is 93.6 Å². The second-order valence-corrected chi connectivity index (χ2v) is 3.95. The number of nitrogens with zero attached hydrogens (tertiary/aromatic N) is 2. The van der Waals surface area contributed by atoms with E-state index in [2.05, 4.69) is 24.0 Å². The number of aromatic nitrogens is 2. The Morgan fingerprint density at radius 2 is 2.20 bits per heavy atom. The van der Waals surface area contributed by atoms with Gasteiger partial charge in [-0.05, 0) is 24.5 Å². The maximum Gasteiger partial charge on any atom is 0.358 e. The van der Waals surface area contributed by atoms with Gasteiger partial charge in [-0.2, -0.15) is 0 Å². The summed E-state index contributed by atoms with van der Waals surface area (Å²) in [6, 6.07) is 3.00. The highest BCUT2D eigenvalue weighted by Gasteiger charge is 2.09. The van der Waals surface area contributed by atoms with E-state index in [9.17, 15) is 4.79 Å². The van der Waals surface area contributed by atoms with Crippen molar-refractivity contribution in [2.24, 2.45) is 5.92 Å². The van der Waals surface area contributed by atoms with Gasteiger partial charge in [-0.1, -0.05) is 25.4 Å². The van der Waals surface area contributed by atoms with Crippen LogP contribution in [0.5, 0.6) is 0 Å². The van der Waals surface area contributed by atoms with E-state index in [0.29, 0.717) is 12.5 Å². The fourth-order valence-corrected chi connectivity index (χ4v) is 0.987. The molecule has 15 heavy (non-hydrogen) atoms. The second kappa shape index (κ2) is 5.66. The minimum atomic E-state index is -0.459. The zero-order chi connectivity index (χ0) is 11.3. The summed E-state index contributed by atoms with van der Waals surface area (Å²) in [6.07, 6.45) is 0.840. The molecule has 1 aromatic rings. The van der Waals surface area contributed by atoms with Crippen molar-refractivity contribution in [1.82, 2.24) is 10.2 Å². The van der Waals surface area contributed by atoms with Crippen molar-refractivity contribution in [3.63, 3.8) is 0 Å². The summed E-state index contributed by atoms with van der Waals surface area (Å²) in [6.45, 7) is 4.53. The van der Waals surface area contributed by atoms with E-state index >= 15 is 0 Å². The van der Waals surface area contributed by atoms with E-state index in [-0.39, 0.29) is 10.8 Å². The third kappa shape index (κ3) is 4.25. The first-order valence-corrected chi connectivity index (χ1v) is 5.13. The third-order valence-corrected chi connectivity index (χ3v) is 1.97. The van der Waals surface area contributed by atoms with Gasteiger partial charge in [0.1, 0.15) is 0 Å². The minimum absolute atomic E-state index is 0.183. The first kappa shape index (κ1) is 11.9. The molecule has 0 radical (unpaired) electrons. The Morgan fingerprint density at radius 3 is 2.73 bits per heavy atom. The van der Waals surface area contributed by atoms with Crippen molar-refractivity contribution in [2.75, 3.05) is 6.61 Å². The molecular formula is C10H13ClN2O2. The van der Waals surface area contributed by atoms with Crippen LogP contribution < -0.4 is 0 Å². The van der Waals surface area contributed by atoms with Gasteiger partial charge in [-0.3, -0.25) is 0 Å². The van der Waals surface area contributed by atoms with E-state index in [4.69, 9.17) is 16.3 Å². The van der Waals surface area contributed by atoms with Crippen LogP contribution in [0.4, 0.5) is 0 Å². The van der Waals surface area contributed by atoms with Crippen LogP contribution in [0.25, 0.3) is 0 Å². The number of rotatable bonds is 4. The van der Waals surface area contributed by atoms with E-state index in [1.807, 2.05) is 0 Å². The number of carbonyl (C=O) groups excluding carboxylic acids is 1. The standard InChI is InChI=1S/C10H13ClN2O2/c1-7(2)5-6-15-10(14)8-3-4-9(11)13-12-8/h3-4,7H,5-6H2,1-2H3. The highest BCUT2D eigenvalue weighted by Crippen LogP contribution is 2.05. The molecule has 1 heterocycles. The lowest BCUT2D eigenvalue weighted by Gasteiger charge is -2.05. The zero-order valence-electron chi connectivity index (χ0n) is 8.74. The largest absolute Gasteiger partial charge is 0.461 e. The molecule has 0 saturated heterocycles. The summed E-state index contributed by atoms with van der Waals surface area (Å²) >= 11 is 5.54. The monoisotopic (exact) mass is 228 g/mol. The first-order valence-electron chi connectivity index (χ1n) is 4.76. The van der Waals surface area contributed by atoms with Crippen LogP contribution in [0.3, 0.4) is 0 Å². The van der Waals surface area contributed by atoms with Gasteiger partial charge < -0.3 is 4.74 Å². The molecule has 0 bridgehead atoms. The summed E-state index contributed by atoms with van der Waals surface area (Å²) in [5, 5.41) is 7.44. The number of esters is 1. The number of halogens is 1. The molecule has 0 aliphatic rings. The summed E-state index contributed by atoms with van der Waals surface area (Å²) < 4.78 is 4.99. The Bertz CT molecular complexity index is 325. The van der Waals surface area contributed by atoms with Gasteiger partial charge >= 0.3 is 5.97 Å². The van der Waals surface area contributed by atoms with Crippen molar-refractivity contribution in [2.45, 2.75) is 20.3 Å². The van der Waals surface area contributed by atoms with Crippen LogP contribution in [0.1, 0.15) is 30.8 Å². The molecule has 0 atom stereocenters. The Hall–Kier alpha value is -1.16. The quantitative estimate of drug-likeness (QED) is 0.743. The average molecular weight is 229 g/mol. The molecule has 0 N–H and O–H groups in total. The van der Waals surface area contributed by atoms with Crippen LogP contribution in [0, 0.1) is 5.92 Å². The van der Waals surface area contributed by atoms with Crippen molar-refractivity contribution in [1.29, 1.82) is 0 Å². The molecule has 0 fully saturated rings. The van der Waals surface area contributed by atoms with Crippen molar-refractivity contribution >= 4 is 17.6 Å². The average Bonchev–Trinajstić information content (AvgIpc) is 2.18. The summed E-state index contributed by atoms with van der Waals surface area (Å²) in [7, 11) is 0. The molecular weight excluding hydrogens is 216 g/mol. The Morgan fingerprint density at radius 1 is 1.47 bits per heavy atom. The fourth-order valence-electron chi connectivity index (χ4n) is 0.886. The smallest absolute Gasteiger partial charge is 0.358 e. The summed E-state index contributed by atoms with van der Waals surface area (Å²) in [5.74, 6) is 0.0499. The van der Waals surface area contributed by atoms with Crippen molar-refractivity contribution in [3.8, 4) is 0 Å². The van der Waals surface area contributed by atoms with Gasteiger partial charge in [0.2, 0.25) is 0 Å². The Balaban J connectivity index is 2.43. The van der Waals surface area contributed by atoms with Crippen LogP contribution in [-0.4, -0.2) is 22.8 Å². The van der Waals surface area contributed by atoms with Crippen molar-refractivity contribution in [3.05, 3.63) is 23.0 Å². The van der Waals surface area contributed by atoms with E-state index in [0.717, 1.165) is 6.42 Å². The van der Waals surface area contributed by atoms with E-state index in [1.165, 1.54) is 12.1 Å². The summed E-state index contributed by atoms with van der Waals surface area (Å²) in [4.78, 5) is 11.4. The predicted octanol–water partition coefficient (Wildman–Crippen LogP) is 2.33. The van der Waals surface area contributed by atoms with Gasteiger partial charge in [-0.15, -0.1) is 10.2 Å². The highest BCUT2D eigenvalue weighted by molar-refractivity contribution is 6.29. The number of hydrogen-bond acceptors (Lipinski definition) is 4. The SMILES string of the molecule is CC(C)CCOC(=O)c1ccc(Cl)nn1.